The summed E-state index contributed by atoms with van der Waals surface area (Å²) in [5.41, 5.74) is -0.205. The molecule has 11 heavy (non-hydrogen) atoms. The van der Waals surface area contributed by atoms with Gasteiger partial charge in [0.15, 0.2) is 5.43 Å². The van der Waals surface area contributed by atoms with Crippen molar-refractivity contribution in [3.05, 3.63) is 43.4 Å². The Bertz CT molecular complexity index is 383. The van der Waals surface area contributed by atoms with Crippen LogP contribution in [0.3, 0.4) is 0 Å². The lowest BCUT2D eigenvalue weighted by Gasteiger charge is -1.77. The highest BCUT2D eigenvalue weighted by atomic mass is 35.5. The van der Waals surface area contributed by atoms with Gasteiger partial charge in [0.25, 0.3) is 0 Å². The first-order chi connectivity index (χ1) is 5.09. The quantitative estimate of drug-likeness (QED) is 0.625. The molecule has 0 bridgehead atoms. The van der Waals surface area contributed by atoms with Crippen LogP contribution in [0.25, 0.3) is 0 Å². The minimum atomic E-state index is -0.366. The van der Waals surface area contributed by atoms with Gasteiger partial charge in [-0.1, -0.05) is 11.6 Å². The van der Waals surface area contributed by atoms with Crippen LogP contribution in [0.4, 0.5) is 0 Å². The predicted molar refractivity (Wildman–Crippen MR) is 43.1 cm³/mol. The number of hydrogen-bond acceptors (Lipinski definition) is 2. The van der Waals surface area contributed by atoms with Gasteiger partial charge in [-0.25, -0.2) is 0 Å². The Balaban J connectivity index is 3.67. The van der Waals surface area contributed by atoms with E-state index < -0.39 is 0 Å². The molecule has 0 radical (unpaired) electrons. The van der Waals surface area contributed by atoms with Crippen molar-refractivity contribution >= 4 is 11.6 Å². The normalized spacial score (nSPS) is 9.64. The molecule has 0 aliphatic carbocycles. The lowest BCUT2D eigenvalue weighted by Crippen LogP contribution is -1.99. The molecule has 1 N–H and O–H groups in total. The Morgan fingerprint density at radius 3 is 2.64 bits per heavy atom. The molecule has 0 atom stereocenters. The number of rotatable bonds is 0. The standard InChI is InChI=1S/C7H6ClNO2/c1-4-2-6(10)5(8)3-7(11)9-4/h2-3H,1H3,(H,9,11). The molecule has 0 aliphatic rings. The molecule has 4 heteroatoms. The van der Waals surface area contributed by atoms with Crippen LogP contribution in [0.2, 0.25) is 5.02 Å². The largest absolute Gasteiger partial charge is 0.326 e. The molecule has 1 rings (SSSR count). The van der Waals surface area contributed by atoms with Gasteiger partial charge in [0, 0.05) is 17.8 Å². The highest BCUT2D eigenvalue weighted by molar-refractivity contribution is 6.30. The Kier molecular flexibility index (Phi) is 2.10. The van der Waals surface area contributed by atoms with Crippen LogP contribution in [0.1, 0.15) is 5.69 Å². The van der Waals surface area contributed by atoms with Gasteiger partial charge in [-0.3, -0.25) is 9.59 Å². The Labute approximate surface area is 67.7 Å². The molecular formula is C7H6ClNO2. The van der Waals surface area contributed by atoms with E-state index in [-0.39, 0.29) is 16.0 Å². The SMILES string of the molecule is Cc1cc(=O)c(Cl)cc(=O)[nH]1. The average Bonchev–Trinajstić information content (AvgIpc) is 1.93. The summed E-state index contributed by atoms with van der Waals surface area (Å²) >= 11 is 5.44. The highest BCUT2D eigenvalue weighted by Gasteiger charge is 1.93. The first-order valence-electron chi connectivity index (χ1n) is 3.00. The number of H-pyrrole nitrogens is 1. The fourth-order valence-electron chi connectivity index (χ4n) is 0.718. The number of aromatic amines is 1. The summed E-state index contributed by atoms with van der Waals surface area (Å²) in [5, 5.41) is -0.0562. The number of hydrogen-bond donors (Lipinski definition) is 1. The minimum Gasteiger partial charge on any atom is -0.326 e. The third-order valence-electron chi connectivity index (χ3n) is 1.16. The van der Waals surface area contributed by atoms with E-state index in [2.05, 4.69) is 4.98 Å². The minimum absolute atomic E-state index is 0.0562. The molecule has 0 aromatic carbocycles. The van der Waals surface area contributed by atoms with Gasteiger partial charge in [-0.15, -0.1) is 0 Å². The molecular weight excluding hydrogens is 166 g/mol. The third kappa shape index (κ3) is 1.91. The molecule has 58 valence electrons. The van der Waals surface area contributed by atoms with Gasteiger partial charge < -0.3 is 4.98 Å². The molecule has 0 saturated heterocycles. The second-order valence-electron chi connectivity index (χ2n) is 2.17. The van der Waals surface area contributed by atoms with Gasteiger partial charge >= 0.3 is 0 Å². The van der Waals surface area contributed by atoms with Crippen LogP contribution in [-0.2, 0) is 0 Å². The summed E-state index contributed by atoms with van der Waals surface area (Å²) in [6.45, 7) is 1.62. The fourth-order valence-corrected chi connectivity index (χ4v) is 0.872. The van der Waals surface area contributed by atoms with E-state index in [0.717, 1.165) is 6.07 Å². The van der Waals surface area contributed by atoms with Crippen LogP contribution in [-0.4, -0.2) is 4.98 Å². The monoisotopic (exact) mass is 171 g/mol. The first kappa shape index (κ1) is 8.01. The Morgan fingerprint density at radius 1 is 1.36 bits per heavy atom. The molecule has 0 amide bonds. The highest BCUT2D eigenvalue weighted by Crippen LogP contribution is 1.93. The zero-order valence-electron chi connectivity index (χ0n) is 5.85. The van der Waals surface area contributed by atoms with Gasteiger partial charge in [0.1, 0.15) is 0 Å². The van der Waals surface area contributed by atoms with Crippen LogP contribution >= 0.6 is 11.6 Å². The number of aromatic nitrogens is 1. The summed E-state index contributed by atoms with van der Waals surface area (Å²) in [6, 6.07) is 2.35. The van der Waals surface area contributed by atoms with Gasteiger partial charge in [0.05, 0.1) is 5.02 Å². The molecule has 0 spiro atoms. The molecule has 1 heterocycles. The van der Waals surface area contributed by atoms with Crippen molar-refractivity contribution in [1.82, 2.24) is 4.98 Å². The fraction of sp³-hybridized carbons (Fsp3) is 0.143. The molecule has 3 nitrogen and oxygen atoms in total. The van der Waals surface area contributed by atoms with E-state index in [0.29, 0.717) is 5.69 Å². The van der Waals surface area contributed by atoms with Crippen molar-refractivity contribution in [2.45, 2.75) is 6.92 Å². The van der Waals surface area contributed by atoms with E-state index in [9.17, 15) is 9.59 Å². The zero-order valence-corrected chi connectivity index (χ0v) is 6.61. The maximum Gasteiger partial charge on any atom is 0.249 e. The van der Waals surface area contributed by atoms with Crippen LogP contribution in [0, 0.1) is 6.92 Å². The molecule has 1 aromatic heterocycles. The molecule has 0 saturated carbocycles. The van der Waals surface area contributed by atoms with Gasteiger partial charge in [-0.2, -0.15) is 0 Å². The molecule has 0 fully saturated rings. The number of halogens is 1. The average molecular weight is 172 g/mol. The van der Waals surface area contributed by atoms with Crippen molar-refractivity contribution in [3.8, 4) is 0 Å². The number of nitrogens with one attached hydrogen (secondary N) is 1. The van der Waals surface area contributed by atoms with Crippen LogP contribution in [0.15, 0.2) is 21.7 Å². The van der Waals surface area contributed by atoms with E-state index in [1.54, 1.807) is 6.92 Å². The lowest BCUT2D eigenvalue weighted by atomic mass is 10.4. The van der Waals surface area contributed by atoms with Crippen molar-refractivity contribution in [2.75, 3.05) is 0 Å². The second kappa shape index (κ2) is 2.88. The number of aryl methyl sites for hydroxylation is 1. The molecule has 1 aromatic rings. The predicted octanol–water partition coefficient (Wildman–Crippen LogP) is 0.697. The van der Waals surface area contributed by atoms with Crippen molar-refractivity contribution in [2.24, 2.45) is 0 Å². The maximum absolute atomic E-state index is 10.9. The van der Waals surface area contributed by atoms with Crippen molar-refractivity contribution in [1.29, 1.82) is 0 Å². The van der Waals surface area contributed by atoms with Crippen molar-refractivity contribution in [3.63, 3.8) is 0 Å². The summed E-state index contributed by atoms with van der Waals surface area (Å²) in [6.07, 6.45) is 0. The third-order valence-corrected chi connectivity index (χ3v) is 1.46. The molecule has 0 aliphatic heterocycles. The Hall–Kier alpha value is -1.09. The summed E-state index contributed by atoms with van der Waals surface area (Å²) in [7, 11) is 0. The summed E-state index contributed by atoms with van der Waals surface area (Å²) in [5.74, 6) is 0. The summed E-state index contributed by atoms with van der Waals surface area (Å²) < 4.78 is 0. The smallest absolute Gasteiger partial charge is 0.249 e. The van der Waals surface area contributed by atoms with Gasteiger partial charge in [0.2, 0.25) is 5.56 Å². The zero-order chi connectivity index (χ0) is 8.43. The topological polar surface area (TPSA) is 49.9 Å². The lowest BCUT2D eigenvalue weighted by molar-refractivity contribution is 1.17. The van der Waals surface area contributed by atoms with E-state index in [1.165, 1.54) is 6.07 Å². The van der Waals surface area contributed by atoms with E-state index >= 15 is 0 Å². The van der Waals surface area contributed by atoms with Crippen LogP contribution in [0.5, 0.6) is 0 Å². The summed E-state index contributed by atoms with van der Waals surface area (Å²) in [4.78, 5) is 24.1. The first-order valence-corrected chi connectivity index (χ1v) is 3.38. The molecule has 0 unspecified atom stereocenters. The van der Waals surface area contributed by atoms with E-state index in [4.69, 9.17) is 11.6 Å². The van der Waals surface area contributed by atoms with E-state index in [1.807, 2.05) is 0 Å². The van der Waals surface area contributed by atoms with Crippen LogP contribution < -0.4 is 11.0 Å². The second-order valence-corrected chi connectivity index (χ2v) is 2.58. The van der Waals surface area contributed by atoms with Gasteiger partial charge in [-0.05, 0) is 6.92 Å². The Morgan fingerprint density at radius 2 is 2.00 bits per heavy atom. The maximum atomic E-state index is 10.9. The van der Waals surface area contributed by atoms with Crippen molar-refractivity contribution < 1.29 is 0 Å².